The van der Waals surface area contributed by atoms with Gasteiger partial charge in [-0.25, -0.2) is 0 Å². The maximum Gasteiger partial charge on any atom is 0.251 e. The van der Waals surface area contributed by atoms with Gasteiger partial charge in [0.2, 0.25) is 0 Å². The van der Waals surface area contributed by atoms with Crippen LogP contribution in [0.5, 0.6) is 0 Å². The Bertz CT molecular complexity index is 420. The molecule has 1 aromatic rings. The van der Waals surface area contributed by atoms with Gasteiger partial charge in [-0.1, -0.05) is 24.9 Å². The molecule has 19 heavy (non-hydrogen) atoms. The molecule has 0 aromatic heterocycles. The number of carbonyl (C=O) groups excluding carboxylic acids is 1. The summed E-state index contributed by atoms with van der Waals surface area (Å²) in [6.45, 7) is 2.85. The molecular formula is C14H19BrClNO2. The van der Waals surface area contributed by atoms with Crippen molar-refractivity contribution in [1.82, 2.24) is 5.32 Å². The average Bonchev–Trinajstić information content (AvgIpc) is 2.39. The first-order valence-corrected chi connectivity index (χ1v) is 7.59. The van der Waals surface area contributed by atoms with Crippen LogP contribution in [0.1, 0.15) is 36.5 Å². The van der Waals surface area contributed by atoms with E-state index in [1.54, 1.807) is 18.2 Å². The largest absolute Gasteiger partial charge is 0.396 e. The molecule has 2 N–H and O–H groups in total. The van der Waals surface area contributed by atoms with Gasteiger partial charge >= 0.3 is 0 Å². The molecule has 106 valence electrons. The molecule has 3 nitrogen and oxygen atoms in total. The van der Waals surface area contributed by atoms with Crippen LogP contribution >= 0.6 is 27.5 Å². The summed E-state index contributed by atoms with van der Waals surface area (Å²) in [5.41, 5.74) is 0.579. The molecule has 0 fully saturated rings. The lowest BCUT2D eigenvalue weighted by molar-refractivity contribution is 0.0943. The smallest absolute Gasteiger partial charge is 0.251 e. The highest BCUT2D eigenvalue weighted by Crippen LogP contribution is 2.23. The first-order chi connectivity index (χ1) is 9.08. The number of carbonyl (C=O) groups is 1. The molecule has 1 rings (SSSR count). The maximum atomic E-state index is 12.0. The van der Waals surface area contributed by atoms with Crippen molar-refractivity contribution in [3.63, 3.8) is 0 Å². The molecule has 0 aliphatic heterocycles. The number of aliphatic hydroxyl groups excluding tert-OH is 1. The van der Waals surface area contributed by atoms with Crippen molar-refractivity contribution >= 4 is 33.4 Å². The summed E-state index contributed by atoms with van der Waals surface area (Å²) in [4.78, 5) is 12.0. The van der Waals surface area contributed by atoms with Crippen LogP contribution < -0.4 is 5.32 Å². The first-order valence-electron chi connectivity index (χ1n) is 6.42. The van der Waals surface area contributed by atoms with Gasteiger partial charge in [-0.2, -0.15) is 0 Å². The summed E-state index contributed by atoms with van der Waals surface area (Å²) in [5.74, 6) is 0.214. The van der Waals surface area contributed by atoms with Crippen molar-refractivity contribution in [3.8, 4) is 0 Å². The predicted octanol–water partition coefficient (Wildman–Crippen LogP) is 3.63. The standard InChI is InChI=1S/C14H19BrClNO2/c1-2-3-10(6-7-18)9-17-14(19)11-4-5-13(16)12(15)8-11/h4-5,8,10,18H,2-3,6-7,9H2,1H3,(H,17,19). The molecule has 1 amide bonds. The Kier molecular flexibility index (Phi) is 7.42. The molecule has 0 saturated carbocycles. The summed E-state index contributed by atoms with van der Waals surface area (Å²) in [5, 5.41) is 12.5. The highest BCUT2D eigenvalue weighted by atomic mass is 79.9. The Morgan fingerprint density at radius 3 is 2.79 bits per heavy atom. The number of benzene rings is 1. The van der Waals surface area contributed by atoms with E-state index >= 15 is 0 Å². The number of hydrogen-bond donors (Lipinski definition) is 2. The average molecular weight is 349 g/mol. The maximum absolute atomic E-state index is 12.0. The van der Waals surface area contributed by atoms with Crippen molar-refractivity contribution in [2.24, 2.45) is 5.92 Å². The summed E-state index contributed by atoms with van der Waals surface area (Å²) in [6.07, 6.45) is 2.77. The van der Waals surface area contributed by atoms with E-state index in [0.29, 0.717) is 27.5 Å². The third-order valence-corrected chi connectivity index (χ3v) is 4.18. The lowest BCUT2D eigenvalue weighted by atomic mass is 10.00. The fourth-order valence-corrected chi connectivity index (χ4v) is 2.41. The van der Waals surface area contributed by atoms with E-state index in [2.05, 4.69) is 28.2 Å². The molecule has 1 aromatic carbocycles. The summed E-state index contributed by atoms with van der Waals surface area (Å²) in [6, 6.07) is 5.10. The van der Waals surface area contributed by atoms with E-state index in [-0.39, 0.29) is 12.5 Å². The highest BCUT2D eigenvalue weighted by Gasteiger charge is 2.11. The van der Waals surface area contributed by atoms with E-state index in [9.17, 15) is 4.79 Å². The van der Waals surface area contributed by atoms with Crippen LogP contribution in [0.3, 0.4) is 0 Å². The normalized spacial score (nSPS) is 12.2. The molecule has 0 aliphatic carbocycles. The van der Waals surface area contributed by atoms with Crippen molar-refractivity contribution < 1.29 is 9.90 Å². The number of nitrogens with one attached hydrogen (secondary N) is 1. The van der Waals surface area contributed by atoms with E-state index in [0.717, 1.165) is 19.3 Å². The highest BCUT2D eigenvalue weighted by molar-refractivity contribution is 9.10. The summed E-state index contributed by atoms with van der Waals surface area (Å²) >= 11 is 9.19. The second-order valence-electron chi connectivity index (χ2n) is 4.51. The van der Waals surface area contributed by atoms with Crippen LogP contribution in [0.15, 0.2) is 22.7 Å². The van der Waals surface area contributed by atoms with E-state index in [1.807, 2.05) is 0 Å². The van der Waals surface area contributed by atoms with Crippen LogP contribution in [0.4, 0.5) is 0 Å². The molecule has 1 atom stereocenters. The van der Waals surface area contributed by atoms with Crippen LogP contribution in [-0.4, -0.2) is 24.2 Å². The molecule has 5 heteroatoms. The number of amides is 1. The van der Waals surface area contributed by atoms with Crippen LogP contribution in [0.25, 0.3) is 0 Å². The number of halogens is 2. The van der Waals surface area contributed by atoms with Gasteiger partial charge < -0.3 is 10.4 Å². The van der Waals surface area contributed by atoms with Crippen LogP contribution in [0, 0.1) is 5.92 Å². The fourth-order valence-electron chi connectivity index (χ4n) is 1.92. The summed E-state index contributed by atoms with van der Waals surface area (Å²) < 4.78 is 0.710. The zero-order valence-corrected chi connectivity index (χ0v) is 13.3. The van der Waals surface area contributed by atoms with Gasteiger partial charge in [-0.3, -0.25) is 4.79 Å². The Morgan fingerprint density at radius 1 is 1.47 bits per heavy atom. The molecule has 1 unspecified atom stereocenters. The summed E-state index contributed by atoms with van der Waals surface area (Å²) in [7, 11) is 0. The van der Waals surface area contributed by atoms with Gasteiger partial charge in [0, 0.05) is 23.2 Å². The molecule has 0 radical (unpaired) electrons. The van der Waals surface area contributed by atoms with Crippen molar-refractivity contribution in [2.45, 2.75) is 26.2 Å². The lowest BCUT2D eigenvalue weighted by Gasteiger charge is -2.15. The number of aliphatic hydroxyl groups is 1. The topological polar surface area (TPSA) is 49.3 Å². The van der Waals surface area contributed by atoms with Crippen molar-refractivity contribution in [2.75, 3.05) is 13.2 Å². The zero-order chi connectivity index (χ0) is 14.3. The van der Waals surface area contributed by atoms with Crippen molar-refractivity contribution in [1.29, 1.82) is 0 Å². The first kappa shape index (κ1) is 16.5. The SMILES string of the molecule is CCCC(CCO)CNC(=O)c1ccc(Cl)c(Br)c1. The third kappa shape index (κ3) is 5.51. The fraction of sp³-hybridized carbons (Fsp3) is 0.500. The van der Waals surface area contributed by atoms with E-state index in [4.69, 9.17) is 16.7 Å². The Hall–Kier alpha value is -0.580. The van der Waals surface area contributed by atoms with Gasteiger partial charge in [-0.05, 0) is 52.9 Å². The van der Waals surface area contributed by atoms with E-state index < -0.39 is 0 Å². The van der Waals surface area contributed by atoms with Crippen molar-refractivity contribution in [3.05, 3.63) is 33.3 Å². The predicted molar refractivity (Wildman–Crippen MR) is 81.6 cm³/mol. The zero-order valence-electron chi connectivity index (χ0n) is 11.0. The number of hydrogen-bond acceptors (Lipinski definition) is 2. The van der Waals surface area contributed by atoms with Gasteiger partial charge in [0.15, 0.2) is 0 Å². The second kappa shape index (κ2) is 8.56. The monoisotopic (exact) mass is 347 g/mol. The van der Waals surface area contributed by atoms with Gasteiger partial charge in [0.25, 0.3) is 5.91 Å². The molecule has 0 aliphatic rings. The Balaban J connectivity index is 2.56. The lowest BCUT2D eigenvalue weighted by Crippen LogP contribution is -2.29. The van der Waals surface area contributed by atoms with Gasteiger partial charge in [-0.15, -0.1) is 0 Å². The number of rotatable bonds is 7. The Morgan fingerprint density at radius 2 is 2.21 bits per heavy atom. The minimum atomic E-state index is -0.114. The van der Waals surface area contributed by atoms with Gasteiger partial charge in [0.1, 0.15) is 0 Å². The second-order valence-corrected chi connectivity index (χ2v) is 5.77. The molecule has 0 bridgehead atoms. The van der Waals surface area contributed by atoms with Gasteiger partial charge in [0.05, 0.1) is 5.02 Å². The van der Waals surface area contributed by atoms with Crippen LogP contribution in [-0.2, 0) is 0 Å². The molecular weight excluding hydrogens is 330 g/mol. The minimum absolute atomic E-state index is 0.114. The molecule has 0 saturated heterocycles. The molecule has 0 spiro atoms. The minimum Gasteiger partial charge on any atom is -0.396 e. The molecule has 0 heterocycles. The Labute approximate surface area is 127 Å². The van der Waals surface area contributed by atoms with E-state index in [1.165, 1.54) is 0 Å². The van der Waals surface area contributed by atoms with Crippen LogP contribution in [0.2, 0.25) is 5.02 Å². The quantitative estimate of drug-likeness (QED) is 0.790. The third-order valence-electron chi connectivity index (χ3n) is 2.97.